The first-order valence-electron chi connectivity index (χ1n) is 11.3. The van der Waals surface area contributed by atoms with Crippen LogP contribution >= 0.6 is 0 Å². The fraction of sp³-hybridized carbons (Fsp3) is 0.259. The molecule has 0 radical (unpaired) electrons. The largest absolute Gasteiger partial charge is 0.506 e. The quantitative estimate of drug-likeness (QED) is 0.476. The molecule has 4 rings (SSSR count). The van der Waals surface area contributed by atoms with Gasteiger partial charge in [0, 0.05) is 11.6 Å². The Kier molecular flexibility index (Phi) is 7.37. The van der Waals surface area contributed by atoms with Gasteiger partial charge in [-0.1, -0.05) is 60.7 Å². The molecular formula is C27H29N3O3. The van der Waals surface area contributed by atoms with Crippen LogP contribution < -0.4 is 10.6 Å². The summed E-state index contributed by atoms with van der Waals surface area (Å²) >= 11 is 0. The summed E-state index contributed by atoms with van der Waals surface area (Å²) in [5.41, 5.74) is 3.54. The zero-order valence-corrected chi connectivity index (χ0v) is 18.5. The lowest BCUT2D eigenvalue weighted by Crippen LogP contribution is -2.41. The second kappa shape index (κ2) is 10.8. The molecule has 1 saturated heterocycles. The van der Waals surface area contributed by atoms with E-state index in [0.717, 1.165) is 17.7 Å². The van der Waals surface area contributed by atoms with Gasteiger partial charge in [0.25, 0.3) is 0 Å². The van der Waals surface area contributed by atoms with Crippen molar-refractivity contribution in [3.63, 3.8) is 0 Å². The Morgan fingerprint density at radius 3 is 2.18 bits per heavy atom. The van der Waals surface area contributed by atoms with Gasteiger partial charge in [0.1, 0.15) is 5.75 Å². The summed E-state index contributed by atoms with van der Waals surface area (Å²) in [5, 5.41) is 15.7. The molecule has 0 spiro atoms. The number of nitrogens with zero attached hydrogens (tertiary/aromatic N) is 1. The van der Waals surface area contributed by atoms with Crippen LogP contribution in [-0.4, -0.2) is 41.5 Å². The van der Waals surface area contributed by atoms with E-state index in [1.54, 1.807) is 24.3 Å². The SMILES string of the molecule is O=C(CN1CCC(C(=O)Nc2ccccc2O)CC1)Nc1ccccc1Cc1ccccc1. The number of anilines is 2. The lowest BCUT2D eigenvalue weighted by atomic mass is 9.95. The molecule has 170 valence electrons. The van der Waals surface area contributed by atoms with E-state index >= 15 is 0 Å². The highest BCUT2D eigenvalue weighted by molar-refractivity contribution is 5.94. The number of para-hydroxylation sites is 3. The highest BCUT2D eigenvalue weighted by Crippen LogP contribution is 2.25. The van der Waals surface area contributed by atoms with Gasteiger partial charge in [-0.05, 0) is 61.7 Å². The van der Waals surface area contributed by atoms with Gasteiger partial charge in [-0.2, -0.15) is 0 Å². The zero-order valence-electron chi connectivity index (χ0n) is 18.5. The highest BCUT2D eigenvalue weighted by atomic mass is 16.3. The summed E-state index contributed by atoms with van der Waals surface area (Å²) in [6.45, 7) is 1.66. The van der Waals surface area contributed by atoms with E-state index in [1.165, 1.54) is 5.56 Å². The van der Waals surface area contributed by atoms with E-state index in [1.807, 2.05) is 42.5 Å². The molecule has 1 fully saturated rings. The summed E-state index contributed by atoms with van der Waals surface area (Å²) in [6.07, 6.45) is 2.11. The van der Waals surface area contributed by atoms with Crippen LogP contribution in [0.5, 0.6) is 5.75 Å². The van der Waals surface area contributed by atoms with Gasteiger partial charge in [-0.3, -0.25) is 14.5 Å². The molecule has 33 heavy (non-hydrogen) atoms. The number of carbonyl (C=O) groups is 2. The molecule has 0 aliphatic carbocycles. The minimum absolute atomic E-state index is 0.0485. The molecule has 2 amide bonds. The van der Waals surface area contributed by atoms with Crippen LogP contribution in [0.1, 0.15) is 24.0 Å². The predicted molar refractivity (Wildman–Crippen MR) is 130 cm³/mol. The number of nitrogens with one attached hydrogen (secondary N) is 2. The Morgan fingerprint density at radius 2 is 1.45 bits per heavy atom. The van der Waals surface area contributed by atoms with Gasteiger partial charge < -0.3 is 15.7 Å². The molecule has 6 nitrogen and oxygen atoms in total. The molecule has 0 bridgehead atoms. The van der Waals surface area contributed by atoms with E-state index in [4.69, 9.17) is 0 Å². The molecule has 0 unspecified atom stereocenters. The van der Waals surface area contributed by atoms with Crippen molar-refractivity contribution < 1.29 is 14.7 Å². The Hall–Kier alpha value is -3.64. The van der Waals surface area contributed by atoms with Gasteiger partial charge in [-0.15, -0.1) is 0 Å². The average molecular weight is 444 g/mol. The van der Waals surface area contributed by atoms with Crippen LogP contribution in [0.15, 0.2) is 78.9 Å². The topological polar surface area (TPSA) is 81.7 Å². The van der Waals surface area contributed by atoms with Gasteiger partial charge in [0.05, 0.1) is 12.2 Å². The number of benzene rings is 3. The number of rotatable bonds is 7. The van der Waals surface area contributed by atoms with Gasteiger partial charge >= 0.3 is 0 Å². The summed E-state index contributed by atoms with van der Waals surface area (Å²) < 4.78 is 0. The number of carbonyl (C=O) groups excluding carboxylic acids is 2. The van der Waals surface area contributed by atoms with Crippen molar-refractivity contribution in [2.75, 3.05) is 30.3 Å². The average Bonchev–Trinajstić information content (AvgIpc) is 2.83. The second-order valence-corrected chi connectivity index (χ2v) is 8.42. The van der Waals surface area contributed by atoms with Crippen molar-refractivity contribution in [1.29, 1.82) is 0 Å². The van der Waals surface area contributed by atoms with Crippen molar-refractivity contribution >= 4 is 23.2 Å². The number of hydrogen-bond donors (Lipinski definition) is 3. The van der Waals surface area contributed by atoms with E-state index in [2.05, 4.69) is 27.7 Å². The second-order valence-electron chi connectivity index (χ2n) is 8.42. The fourth-order valence-corrected chi connectivity index (χ4v) is 4.17. The van der Waals surface area contributed by atoms with Gasteiger partial charge in [0.2, 0.25) is 11.8 Å². The Bertz CT molecular complexity index is 1090. The molecule has 1 aliphatic heterocycles. The maximum Gasteiger partial charge on any atom is 0.238 e. The van der Waals surface area contributed by atoms with E-state index < -0.39 is 0 Å². The normalized spacial score (nSPS) is 14.5. The number of amides is 2. The van der Waals surface area contributed by atoms with E-state index in [-0.39, 0.29) is 23.5 Å². The Balaban J connectivity index is 1.27. The molecule has 1 heterocycles. The Labute approximate surface area is 194 Å². The summed E-state index contributed by atoms with van der Waals surface area (Å²) in [4.78, 5) is 27.4. The third kappa shape index (κ3) is 6.20. The monoisotopic (exact) mass is 443 g/mol. The van der Waals surface area contributed by atoms with Crippen molar-refractivity contribution in [2.45, 2.75) is 19.3 Å². The number of piperidine rings is 1. The molecule has 0 saturated carbocycles. The minimum atomic E-state index is -0.129. The molecule has 3 aromatic rings. The van der Waals surface area contributed by atoms with Crippen molar-refractivity contribution in [3.05, 3.63) is 90.0 Å². The first kappa shape index (κ1) is 22.6. The molecular weight excluding hydrogens is 414 g/mol. The highest BCUT2D eigenvalue weighted by Gasteiger charge is 2.26. The standard InChI is InChI=1S/C27H29N3O3/c31-25-13-7-6-12-24(25)29-27(33)21-14-16-30(17-15-21)19-26(32)28-23-11-5-4-10-22(23)18-20-8-2-1-3-9-20/h1-13,21,31H,14-19H2,(H,28,32)(H,29,33). The lowest BCUT2D eigenvalue weighted by molar-refractivity contribution is -0.121. The maximum atomic E-state index is 12.7. The first-order valence-corrected chi connectivity index (χ1v) is 11.3. The van der Waals surface area contributed by atoms with Gasteiger partial charge in [-0.25, -0.2) is 0 Å². The zero-order chi connectivity index (χ0) is 23.0. The summed E-state index contributed by atoms with van der Waals surface area (Å²) in [7, 11) is 0. The molecule has 3 N–H and O–H groups in total. The van der Waals surface area contributed by atoms with Crippen molar-refractivity contribution in [2.24, 2.45) is 5.92 Å². The van der Waals surface area contributed by atoms with Crippen LogP contribution in [-0.2, 0) is 16.0 Å². The van der Waals surface area contributed by atoms with E-state index in [0.29, 0.717) is 38.2 Å². The van der Waals surface area contributed by atoms with E-state index in [9.17, 15) is 14.7 Å². The summed E-state index contributed by atoms with van der Waals surface area (Å²) in [5.74, 6) is -0.203. The Morgan fingerprint density at radius 1 is 0.818 bits per heavy atom. The van der Waals surface area contributed by atoms with Crippen LogP contribution in [0.25, 0.3) is 0 Å². The number of likely N-dealkylation sites (tertiary alicyclic amines) is 1. The predicted octanol–water partition coefficient (Wildman–Crippen LogP) is 4.27. The number of phenolic OH excluding ortho intramolecular Hbond substituents is 1. The number of phenols is 1. The third-order valence-corrected chi connectivity index (χ3v) is 6.02. The number of aromatic hydroxyl groups is 1. The smallest absolute Gasteiger partial charge is 0.238 e. The third-order valence-electron chi connectivity index (χ3n) is 6.02. The van der Waals surface area contributed by atoms with Crippen molar-refractivity contribution in [1.82, 2.24) is 4.90 Å². The molecule has 0 aromatic heterocycles. The molecule has 3 aromatic carbocycles. The lowest BCUT2D eigenvalue weighted by Gasteiger charge is -2.30. The van der Waals surface area contributed by atoms with Crippen LogP contribution in [0.4, 0.5) is 11.4 Å². The van der Waals surface area contributed by atoms with Crippen LogP contribution in [0, 0.1) is 5.92 Å². The van der Waals surface area contributed by atoms with Crippen LogP contribution in [0.3, 0.4) is 0 Å². The molecule has 1 aliphatic rings. The number of hydrogen-bond acceptors (Lipinski definition) is 4. The molecule has 6 heteroatoms. The van der Waals surface area contributed by atoms with Crippen molar-refractivity contribution in [3.8, 4) is 5.75 Å². The first-order chi connectivity index (χ1) is 16.1. The maximum absolute atomic E-state index is 12.7. The van der Waals surface area contributed by atoms with Crippen LogP contribution in [0.2, 0.25) is 0 Å². The summed E-state index contributed by atoms with van der Waals surface area (Å²) in [6, 6.07) is 24.8. The minimum Gasteiger partial charge on any atom is -0.506 e. The molecule has 0 atom stereocenters. The fourth-order valence-electron chi connectivity index (χ4n) is 4.17. The van der Waals surface area contributed by atoms with Gasteiger partial charge in [0.15, 0.2) is 0 Å².